The molecular formula is C26H26O8. The maximum Gasteiger partial charge on any atom is 0.303 e. The Morgan fingerprint density at radius 3 is 1.97 bits per heavy atom. The van der Waals surface area contributed by atoms with Gasteiger partial charge in [0.05, 0.1) is 17.2 Å². The molecule has 0 radical (unpaired) electrons. The first-order valence-corrected chi connectivity index (χ1v) is 11.4. The Morgan fingerprint density at radius 1 is 0.824 bits per heavy atom. The first kappa shape index (κ1) is 22.3. The van der Waals surface area contributed by atoms with Crippen LogP contribution in [0.15, 0.2) is 48.6 Å². The van der Waals surface area contributed by atoms with Crippen LogP contribution >= 0.6 is 0 Å². The summed E-state index contributed by atoms with van der Waals surface area (Å²) in [5.41, 5.74) is 0. The van der Waals surface area contributed by atoms with Gasteiger partial charge in [0, 0.05) is 20.8 Å². The van der Waals surface area contributed by atoms with Gasteiger partial charge in [-0.25, -0.2) is 0 Å². The predicted octanol–water partition coefficient (Wildman–Crippen LogP) is 3.70. The van der Waals surface area contributed by atoms with Crippen LogP contribution in [0.4, 0.5) is 0 Å². The van der Waals surface area contributed by atoms with E-state index in [0.717, 1.165) is 10.8 Å². The molecule has 5 atom stereocenters. The van der Waals surface area contributed by atoms with Crippen LogP contribution in [0.1, 0.15) is 33.6 Å². The third kappa shape index (κ3) is 3.77. The van der Waals surface area contributed by atoms with Crippen molar-refractivity contribution < 1.29 is 38.1 Å². The zero-order valence-electron chi connectivity index (χ0n) is 19.2. The molecule has 1 fully saturated rings. The maximum atomic E-state index is 12.0. The summed E-state index contributed by atoms with van der Waals surface area (Å²) >= 11 is 0. The van der Waals surface area contributed by atoms with E-state index in [2.05, 4.69) is 0 Å². The van der Waals surface area contributed by atoms with Crippen molar-refractivity contribution in [2.75, 3.05) is 0 Å². The minimum atomic E-state index is -1.36. The molecule has 34 heavy (non-hydrogen) atoms. The van der Waals surface area contributed by atoms with Crippen LogP contribution in [0.25, 0.3) is 10.8 Å². The van der Waals surface area contributed by atoms with Crippen molar-refractivity contribution in [1.82, 2.24) is 0 Å². The van der Waals surface area contributed by atoms with Gasteiger partial charge in [0.15, 0.2) is 0 Å². The Hall–Kier alpha value is -3.55. The molecule has 0 N–H and O–H groups in total. The number of carbonyl (C=O) groups is 3. The number of hydrogen-bond donors (Lipinski definition) is 0. The zero-order chi connectivity index (χ0) is 24.0. The fourth-order valence-electron chi connectivity index (χ4n) is 5.61. The van der Waals surface area contributed by atoms with E-state index in [-0.39, 0.29) is 0 Å². The van der Waals surface area contributed by atoms with Gasteiger partial charge in [-0.05, 0) is 42.5 Å². The molecule has 1 spiro atoms. The van der Waals surface area contributed by atoms with Gasteiger partial charge in [0.2, 0.25) is 0 Å². The highest BCUT2D eigenvalue weighted by Gasteiger charge is 2.61. The predicted molar refractivity (Wildman–Crippen MR) is 120 cm³/mol. The lowest BCUT2D eigenvalue weighted by molar-refractivity contribution is -0.230. The SMILES string of the molecule is CC(=O)OC1C=CC2(Oc3cccc4cccc(c34)O2)C2C(OC(C)=O)CCC(OC(C)=O)C12. The van der Waals surface area contributed by atoms with Crippen LogP contribution in [-0.2, 0) is 28.6 Å². The summed E-state index contributed by atoms with van der Waals surface area (Å²) in [7, 11) is 0. The number of ether oxygens (including phenoxy) is 5. The monoisotopic (exact) mass is 466 g/mol. The van der Waals surface area contributed by atoms with E-state index in [0.29, 0.717) is 24.3 Å². The zero-order valence-corrected chi connectivity index (χ0v) is 19.2. The van der Waals surface area contributed by atoms with Crippen LogP contribution in [0, 0.1) is 11.8 Å². The lowest BCUT2D eigenvalue weighted by atomic mass is 9.65. The second kappa shape index (κ2) is 8.34. The quantitative estimate of drug-likeness (QED) is 0.384. The van der Waals surface area contributed by atoms with E-state index in [4.69, 9.17) is 23.7 Å². The molecule has 8 nitrogen and oxygen atoms in total. The summed E-state index contributed by atoms with van der Waals surface area (Å²) in [6.07, 6.45) is 2.40. The molecule has 178 valence electrons. The third-order valence-corrected chi connectivity index (χ3v) is 6.65. The second-order valence-electron chi connectivity index (χ2n) is 8.95. The van der Waals surface area contributed by atoms with E-state index in [1.165, 1.54) is 20.8 Å². The number of rotatable bonds is 3. The summed E-state index contributed by atoms with van der Waals surface area (Å²) < 4.78 is 30.1. The molecule has 1 heterocycles. The number of hydrogen-bond acceptors (Lipinski definition) is 8. The van der Waals surface area contributed by atoms with Gasteiger partial charge in [-0.15, -0.1) is 0 Å². The van der Waals surface area contributed by atoms with Crippen molar-refractivity contribution in [3.05, 3.63) is 48.6 Å². The smallest absolute Gasteiger partial charge is 0.303 e. The van der Waals surface area contributed by atoms with Crippen LogP contribution < -0.4 is 9.47 Å². The minimum Gasteiger partial charge on any atom is -0.462 e. The summed E-state index contributed by atoms with van der Waals surface area (Å²) in [6.45, 7) is 4.01. The van der Waals surface area contributed by atoms with Gasteiger partial charge >= 0.3 is 17.9 Å². The maximum absolute atomic E-state index is 12.0. The summed E-state index contributed by atoms with van der Waals surface area (Å²) in [5.74, 6) is -2.63. The largest absolute Gasteiger partial charge is 0.462 e. The van der Waals surface area contributed by atoms with E-state index in [1.807, 2.05) is 36.4 Å². The molecule has 1 aliphatic heterocycles. The van der Waals surface area contributed by atoms with Crippen molar-refractivity contribution >= 4 is 28.7 Å². The molecule has 5 rings (SSSR count). The number of esters is 3. The normalized spacial score (nSPS) is 28.3. The van der Waals surface area contributed by atoms with Gasteiger partial charge in [-0.1, -0.05) is 24.3 Å². The Kier molecular flexibility index (Phi) is 5.46. The first-order valence-electron chi connectivity index (χ1n) is 11.4. The Labute approximate surface area is 196 Å². The standard InChI is InChI=1S/C26H26O8/c1-14(27)30-18-10-11-22(32-16(3)29)25-24(18)19(31-15(2)28)12-13-26(25)33-20-8-4-6-17-7-5-9-21(34-26)23(17)20/h4-9,12-13,18-19,22,24-25H,10-11H2,1-3H3. The van der Waals surface area contributed by atoms with E-state index in [1.54, 1.807) is 12.2 Å². The van der Waals surface area contributed by atoms with E-state index in [9.17, 15) is 14.4 Å². The molecule has 2 aromatic rings. The molecule has 3 aliphatic rings. The molecule has 1 saturated carbocycles. The van der Waals surface area contributed by atoms with Gasteiger partial charge in [-0.3, -0.25) is 14.4 Å². The van der Waals surface area contributed by atoms with Gasteiger partial charge < -0.3 is 23.7 Å². The highest BCUT2D eigenvalue weighted by Crippen LogP contribution is 2.52. The summed E-state index contributed by atoms with van der Waals surface area (Å²) in [5, 5.41) is 1.82. The van der Waals surface area contributed by atoms with Crippen LogP contribution in [0.5, 0.6) is 11.5 Å². The molecule has 0 amide bonds. The molecule has 0 aromatic heterocycles. The van der Waals surface area contributed by atoms with Crippen molar-refractivity contribution in [2.24, 2.45) is 11.8 Å². The van der Waals surface area contributed by atoms with Gasteiger partial charge in [0.1, 0.15) is 29.8 Å². The highest BCUT2D eigenvalue weighted by atomic mass is 16.7. The molecule has 5 unspecified atom stereocenters. The van der Waals surface area contributed by atoms with E-state index >= 15 is 0 Å². The fourth-order valence-corrected chi connectivity index (χ4v) is 5.61. The van der Waals surface area contributed by atoms with Crippen molar-refractivity contribution in [3.8, 4) is 11.5 Å². The second-order valence-corrected chi connectivity index (χ2v) is 8.95. The molecule has 2 aliphatic carbocycles. The van der Waals surface area contributed by atoms with Crippen molar-refractivity contribution in [3.63, 3.8) is 0 Å². The lowest BCUT2D eigenvalue weighted by Gasteiger charge is -2.53. The summed E-state index contributed by atoms with van der Waals surface area (Å²) in [4.78, 5) is 35.9. The van der Waals surface area contributed by atoms with Crippen LogP contribution in [-0.4, -0.2) is 42.0 Å². The number of fused-ring (bicyclic) bond motifs is 2. The highest BCUT2D eigenvalue weighted by molar-refractivity contribution is 5.94. The van der Waals surface area contributed by atoms with E-state index < -0.39 is 53.8 Å². The molecule has 2 aromatic carbocycles. The molecule has 8 heteroatoms. The van der Waals surface area contributed by atoms with Gasteiger partial charge in [-0.2, -0.15) is 0 Å². The average molecular weight is 466 g/mol. The first-order chi connectivity index (χ1) is 16.3. The third-order valence-electron chi connectivity index (χ3n) is 6.65. The Bertz CT molecular complexity index is 1140. The van der Waals surface area contributed by atoms with Gasteiger partial charge in [0.25, 0.3) is 5.79 Å². The topological polar surface area (TPSA) is 97.4 Å². The van der Waals surface area contributed by atoms with Crippen molar-refractivity contribution in [2.45, 2.75) is 57.7 Å². The molecular weight excluding hydrogens is 440 g/mol. The van der Waals surface area contributed by atoms with Crippen LogP contribution in [0.3, 0.4) is 0 Å². The molecule has 0 saturated heterocycles. The fraction of sp³-hybridized carbons (Fsp3) is 0.423. The Balaban J connectivity index is 1.65. The average Bonchev–Trinajstić information content (AvgIpc) is 2.76. The van der Waals surface area contributed by atoms with Crippen LogP contribution in [0.2, 0.25) is 0 Å². The Morgan fingerprint density at radius 2 is 1.38 bits per heavy atom. The number of benzene rings is 2. The van der Waals surface area contributed by atoms with Crippen molar-refractivity contribution in [1.29, 1.82) is 0 Å². The molecule has 0 bridgehead atoms. The summed E-state index contributed by atoms with van der Waals surface area (Å²) in [6, 6.07) is 11.5. The lowest BCUT2D eigenvalue weighted by Crippen LogP contribution is -2.65. The number of carbonyl (C=O) groups excluding carboxylic acids is 3. The minimum absolute atomic E-state index is 0.430.